The van der Waals surface area contributed by atoms with Gasteiger partial charge in [0.15, 0.2) is 5.82 Å². The summed E-state index contributed by atoms with van der Waals surface area (Å²) in [6.07, 6.45) is 3.23. The van der Waals surface area contributed by atoms with E-state index in [1.54, 1.807) is 0 Å². The molecule has 1 N–H and O–H groups in total. The molecular weight excluding hydrogens is 222 g/mol. The van der Waals surface area contributed by atoms with Crippen LogP contribution in [0.4, 0.5) is 0 Å². The zero-order valence-corrected chi connectivity index (χ0v) is 11.3. The van der Waals surface area contributed by atoms with Crippen LogP contribution in [0.15, 0.2) is 0 Å². The molecule has 0 aromatic carbocycles. The number of nitrogens with zero attached hydrogens (tertiary/aromatic N) is 4. The zero-order chi connectivity index (χ0) is 12.0. The van der Waals surface area contributed by atoms with Crippen LogP contribution in [0.3, 0.4) is 0 Å². The number of aromatic nitrogens is 4. The van der Waals surface area contributed by atoms with Gasteiger partial charge in [-0.1, -0.05) is 6.92 Å². The average molecular weight is 243 g/mol. The molecular formula is C10H21N5S. The normalized spacial score (nSPS) is 12.0. The molecule has 1 rings (SSSR count). The molecule has 0 unspecified atom stereocenters. The van der Waals surface area contributed by atoms with Crippen LogP contribution in [0.25, 0.3) is 0 Å². The summed E-state index contributed by atoms with van der Waals surface area (Å²) in [6, 6.07) is 0. The summed E-state index contributed by atoms with van der Waals surface area (Å²) in [6.45, 7) is 9.12. The number of hydrogen-bond acceptors (Lipinski definition) is 5. The van der Waals surface area contributed by atoms with Crippen LogP contribution in [-0.2, 0) is 13.1 Å². The highest BCUT2D eigenvalue weighted by atomic mass is 32.2. The van der Waals surface area contributed by atoms with Gasteiger partial charge in [0.05, 0.1) is 13.1 Å². The van der Waals surface area contributed by atoms with Gasteiger partial charge in [0.25, 0.3) is 0 Å². The lowest BCUT2D eigenvalue weighted by Crippen LogP contribution is -2.26. The summed E-state index contributed by atoms with van der Waals surface area (Å²) in [5.41, 5.74) is 0. The molecule has 92 valence electrons. The Kier molecular flexibility index (Phi) is 5.21. The second-order valence-electron chi connectivity index (χ2n) is 4.39. The summed E-state index contributed by atoms with van der Waals surface area (Å²) < 4.78 is 2.05. The van der Waals surface area contributed by atoms with Crippen molar-refractivity contribution in [3.63, 3.8) is 0 Å². The van der Waals surface area contributed by atoms with E-state index in [1.807, 2.05) is 16.4 Å². The van der Waals surface area contributed by atoms with Crippen LogP contribution in [0.2, 0.25) is 0 Å². The summed E-state index contributed by atoms with van der Waals surface area (Å²) in [4.78, 5) is 0. The Morgan fingerprint density at radius 2 is 2.19 bits per heavy atom. The van der Waals surface area contributed by atoms with Crippen molar-refractivity contribution in [1.82, 2.24) is 25.5 Å². The van der Waals surface area contributed by atoms with Crippen LogP contribution in [0.1, 0.15) is 33.0 Å². The zero-order valence-electron chi connectivity index (χ0n) is 10.5. The fourth-order valence-corrected chi connectivity index (χ4v) is 1.53. The molecule has 0 saturated heterocycles. The van der Waals surface area contributed by atoms with Crippen molar-refractivity contribution in [2.75, 3.05) is 12.8 Å². The molecule has 0 amide bonds. The van der Waals surface area contributed by atoms with Crippen molar-refractivity contribution < 1.29 is 0 Å². The fourth-order valence-electron chi connectivity index (χ4n) is 1.27. The second kappa shape index (κ2) is 6.20. The van der Waals surface area contributed by atoms with Gasteiger partial charge < -0.3 is 5.32 Å². The van der Waals surface area contributed by atoms with E-state index in [-0.39, 0.29) is 4.75 Å². The van der Waals surface area contributed by atoms with Crippen LogP contribution >= 0.6 is 11.8 Å². The van der Waals surface area contributed by atoms with Gasteiger partial charge in [0.2, 0.25) is 0 Å². The van der Waals surface area contributed by atoms with Crippen LogP contribution in [0, 0.1) is 0 Å². The Morgan fingerprint density at radius 1 is 1.44 bits per heavy atom. The molecule has 1 aromatic rings. The first kappa shape index (κ1) is 13.4. The van der Waals surface area contributed by atoms with Gasteiger partial charge in [0, 0.05) is 4.75 Å². The fraction of sp³-hybridized carbons (Fsp3) is 0.900. The number of thioether (sulfide) groups is 1. The predicted molar refractivity (Wildman–Crippen MR) is 67.4 cm³/mol. The highest BCUT2D eigenvalue weighted by Gasteiger charge is 2.19. The van der Waals surface area contributed by atoms with E-state index < -0.39 is 0 Å². The molecule has 0 aliphatic rings. The Balaban J connectivity index is 2.56. The molecule has 1 aromatic heterocycles. The van der Waals surface area contributed by atoms with E-state index in [9.17, 15) is 0 Å². The maximum Gasteiger partial charge on any atom is 0.165 e. The molecule has 0 aliphatic carbocycles. The van der Waals surface area contributed by atoms with E-state index in [2.05, 4.69) is 47.9 Å². The molecule has 0 saturated carbocycles. The number of tetrazole rings is 1. The third-order valence-corrected chi connectivity index (χ3v) is 3.63. The van der Waals surface area contributed by atoms with Crippen molar-refractivity contribution in [1.29, 1.82) is 0 Å². The third-order valence-electron chi connectivity index (χ3n) is 2.40. The van der Waals surface area contributed by atoms with Crippen molar-refractivity contribution in [3.8, 4) is 0 Å². The lowest BCUT2D eigenvalue weighted by atomic mass is 10.2. The van der Waals surface area contributed by atoms with E-state index in [4.69, 9.17) is 0 Å². The summed E-state index contributed by atoms with van der Waals surface area (Å²) >= 11 is 1.83. The lowest BCUT2D eigenvalue weighted by Gasteiger charge is -2.21. The first-order valence-electron chi connectivity index (χ1n) is 5.60. The van der Waals surface area contributed by atoms with Gasteiger partial charge in [0.1, 0.15) is 0 Å². The second-order valence-corrected chi connectivity index (χ2v) is 5.91. The minimum Gasteiger partial charge on any atom is -0.310 e. The van der Waals surface area contributed by atoms with Crippen molar-refractivity contribution in [3.05, 3.63) is 5.82 Å². The van der Waals surface area contributed by atoms with Crippen LogP contribution < -0.4 is 5.32 Å². The predicted octanol–water partition coefficient (Wildman–Crippen LogP) is 1.31. The summed E-state index contributed by atoms with van der Waals surface area (Å²) in [5.74, 6) is 0.913. The number of nitrogens with one attached hydrogen (secondary N) is 1. The summed E-state index contributed by atoms with van der Waals surface area (Å²) in [7, 11) is 0. The van der Waals surface area contributed by atoms with Gasteiger partial charge in [-0.15, -0.1) is 5.10 Å². The van der Waals surface area contributed by atoms with E-state index in [0.29, 0.717) is 0 Å². The molecule has 1 heterocycles. The maximum atomic E-state index is 4.04. The monoisotopic (exact) mass is 243 g/mol. The van der Waals surface area contributed by atoms with Crippen LogP contribution in [0.5, 0.6) is 0 Å². The topological polar surface area (TPSA) is 55.6 Å². The van der Waals surface area contributed by atoms with E-state index in [1.165, 1.54) is 0 Å². The van der Waals surface area contributed by atoms with Crippen LogP contribution in [-0.4, -0.2) is 37.8 Å². The maximum absolute atomic E-state index is 4.04. The molecule has 0 bridgehead atoms. The van der Waals surface area contributed by atoms with Gasteiger partial charge in [-0.05, 0) is 43.5 Å². The summed E-state index contributed by atoms with van der Waals surface area (Å²) in [5, 5.41) is 15.1. The average Bonchev–Trinajstić information content (AvgIpc) is 2.66. The Bertz CT molecular complexity index is 310. The van der Waals surface area contributed by atoms with Gasteiger partial charge in [-0.3, -0.25) is 0 Å². The standard InChI is InChI=1S/C10H21N5S/c1-5-6-11-7-9-12-13-14-15(9)8-10(2,3)16-4/h11H,5-8H2,1-4H3. The minimum atomic E-state index is 0.162. The lowest BCUT2D eigenvalue weighted by molar-refractivity contribution is 0.480. The third kappa shape index (κ3) is 4.09. The van der Waals surface area contributed by atoms with Gasteiger partial charge in [-0.2, -0.15) is 11.8 Å². The Hall–Kier alpha value is -0.620. The molecule has 0 radical (unpaired) electrons. The van der Waals surface area contributed by atoms with E-state index in [0.717, 1.165) is 31.9 Å². The van der Waals surface area contributed by atoms with Crippen molar-refractivity contribution in [2.24, 2.45) is 0 Å². The minimum absolute atomic E-state index is 0.162. The highest BCUT2D eigenvalue weighted by molar-refractivity contribution is 7.99. The van der Waals surface area contributed by atoms with E-state index >= 15 is 0 Å². The first-order chi connectivity index (χ1) is 7.59. The Morgan fingerprint density at radius 3 is 2.81 bits per heavy atom. The molecule has 0 aliphatic heterocycles. The molecule has 5 nitrogen and oxygen atoms in total. The van der Waals surface area contributed by atoms with Crippen molar-refractivity contribution >= 4 is 11.8 Å². The quantitative estimate of drug-likeness (QED) is 0.732. The molecule has 6 heteroatoms. The Labute approximate surface area is 101 Å². The molecule has 0 atom stereocenters. The highest BCUT2D eigenvalue weighted by Crippen LogP contribution is 2.22. The number of rotatable bonds is 7. The molecule has 16 heavy (non-hydrogen) atoms. The van der Waals surface area contributed by atoms with Gasteiger partial charge >= 0.3 is 0 Å². The smallest absolute Gasteiger partial charge is 0.165 e. The largest absolute Gasteiger partial charge is 0.310 e. The van der Waals surface area contributed by atoms with Crippen molar-refractivity contribution in [2.45, 2.75) is 45.0 Å². The van der Waals surface area contributed by atoms with Gasteiger partial charge in [-0.25, -0.2) is 4.68 Å². The molecule has 0 fully saturated rings. The number of hydrogen-bond donors (Lipinski definition) is 1. The molecule has 0 spiro atoms. The first-order valence-corrected chi connectivity index (χ1v) is 6.82. The SMILES string of the molecule is CCCNCc1nnnn1CC(C)(C)SC.